The van der Waals surface area contributed by atoms with Crippen molar-refractivity contribution in [2.45, 2.75) is 0 Å². The van der Waals surface area contributed by atoms with Gasteiger partial charge in [0.25, 0.3) is 0 Å². The third kappa shape index (κ3) is 2.47. The fourth-order valence-corrected chi connectivity index (χ4v) is 6.12. The van der Waals surface area contributed by atoms with E-state index in [4.69, 9.17) is 0 Å². The minimum Gasteiger partial charge on any atom is -0.309 e. The van der Waals surface area contributed by atoms with Crippen LogP contribution in [0.2, 0.25) is 0 Å². The quantitative estimate of drug-likeness (QED) is 0.251. The van der Waals surface area contributed by atoms with Gasteiger partial charge in [-0.25, -0.2) is 0 Å². The van der Waals surface area contributed by atoms with Crippen molar-refractivity contribution in [2.75, 3.05) is 0 Å². The molecule has 0 atom stereocenters. The molecule has 0 bridgehead atoms. The zero-order valence-electron chi connectivity index (χ0n) is 19.1. The smallest absolute Gasteiger partial charge is 0.0548 e. The van der Waals surface area contributed by atoms with Gasteiger partial charge in [-0.15, -0.1) is 0 Å². The zero-order chi connectivity index (χ0) is 22.9. The van der Waals surface area contributed by atoms with Crippen LogP contribution < -0.4 is 0 Å². The van der Waals surface area contributed by atoms with Crippen molar-refractivity contribution in [1.29, 1.82) is 0 Å². The Balaban J connectivity index is 1.66. The van der Waals surface area contributed by atoms with E-state index in [1.807, 2.05) is 0 Å². The Morgan fingerprint density at radius 3 is 1.71 bits per heavy atom. The highest BCUT2D eigenvalue weighted by Crippen LogP contribution is 2.50. The maximum absolute atomic E-state index is 2.43. The van der Waals surface area contributed by atoms with E-state index in [1.54, 1.807) is 0 Å². The summed E-state index contributed by atoms with van der Waals surface area (Å²) in [5.41, 5.74) is 11.5. The number of rotatable bonds is 2. The van der Waals surface area contributed by atoms with E-state index in [1.165, 1.54) is 71.6 Å². The first-order valence-corrected chi connectivity index (χ1v) is 12.1. The van der Waals surface area contributed by atoms with E-state index < -0.39 is 0 Å². The SMILES string of the molecule is c1ccc(-c2ccc3c4c2ccc2c4c4c(cccc4n2-c2ccccc2)-c2ccccc2-3)cc1. The average molecular weight is 444 g/mol. The summed E-state index contributed by atoms with van der Waals surface area (Å²) in [6.07, 6.45) is 0. The second kappa shape index (κ2) is 6.94. The van der Waals surface area contributed by atoms with Gasteiger partial charge in [0.15, 0.2) is 0 Å². The maximum atomic E-state index is 2.43. The number of para-hydroxylation sites is 1. The highest BCUT2D eigenvalue weighted by atomic mass is 15.0. The summed E-state index contributed by atoms with van der Waals surface area (Å²) in [6.45, 7) is 0. The standard InChI is InChI=1S/C34H21N/c1-3-10-22(11-4-1)24-18-19-29-26-15-8-7-14-25(26)27-16-9-17-30-33(27)34-31(21-20-28(24)32(29)34)35(30)23-12-5-2-6-13-23/h1-21H. The minimum absolute atomic E-state index is 1.19. The molecule has 0 N–H and O–H groups in total. The summed E-state index contributed by atoms with van der Waals surface area (Å²) in [5, 5.41) is 5.34. The Morgan fingerprint density at radius 1 is 0.343 bits per heavy atom. The van der Waals surface area contributed by atoms with Crippen molar-refractivity contribution in [1.82, 2.24) is 4.57 Å². The Hall–Kier alpha value is -4.62. The molecule has 0 spiro atoms. The van der Waals surface area contributed by atoms with Crippen LogP contribution in [-0.2, 0) is 0 Å². The van der Waals surface area contributed by atoms with Gasteiger partial charge in [0.05, 0.1) is 11.0 Å². The van der Waals surface area contributed by atoms with E-state index in [0.717, 1.165) is 0 Å². The zero-order valence-corrected chi connectivity index (χ0v) is 19.1. The van der Waals surface area contributed by atoms with Crippen LogP contribution in [0.25, 0.3) is 71.6 Å². The number of aromatic nitrogens is 1. The van der Waals surface area contributed by atoms with Crippen LogP contribution in [0.15, 0.2) is 127 Å². The summed E-state index contributed by atoms with van der Waals surface area (Å²) in [6, 6.07) is 46.4. The highest BCUT2D eigenvalue weighted by Gasteiger charge is 2.25. The molecule has 1 aliphatic carbocycles. The molecule has 0 radical (unpaired) electrons. The molecule has 1 nitrogen and oxygen atoms in total. The van der Waals surface area contributed by atoms with Crippen LogP contribution in [0, 0.1) is 0 Å². The van der Waals surface area contributed by atoms with Gasteiger partial charge < -0.3 is 4.57 Å². The summed E-state index contributed by atoms with van der Waals surface area (Å²) in [7, 11) is 0. The van der Waals surface area contributed by atoms with Crippen LogP contribution in [0.5, 0.6) is 0 Å². The Labute approximate surface area is 203 Å². The van der Waals surface area contributed by atoms with Gasteiger partial charge >= 0.3 is 0 Å². The fourth-order valence-electron chi connectivity index (χ4n) is 6.12. The molecule has 1 heteroatoms. The molecule has 1 aliphatic rings. The number of hydrogen-bond acceptors (Lipinski definition) is 0. The van der Waals surface area contributed by atoms with E-state index in [9.17, 15) is 0 Å². The van der Waals surface area contributed by atoms with Crippen LogP contribution in [0.4, 0.5) is 0 Å². The molecule has 6 aromatic carbocycles. The number of benzene rings is 6. The first-order valence-electron chi connectivity index (χ1n) is 12.1. The molecule has 0 unspecified atom stereocenters. The van der Waals surface area contributed by atoms with Crippen molar-refractivity contribution in [3.63, 3.8) is 0 Å². The maximum Gasteiger partial charge on any atom is 0.0548 e. The lowest BCUT2D eigenvalue weighted by atomic mass is 9.90. The van der Waals surface area contributed by atoms with Crippen LogP contribution >= 0.6 is 0 Å². The van der Waals surface area contributed by atoms with Crippen LogP contribution in [0.3, 0.4) is 0 Å². The van der Waals surface area contributed by atoms with E-state index in [0.29, 0.717) is 0 Å². The summed E-state index contributed by atoms with van der Waals surface area (Å²) < 4.78 is 2.43. The molecule has 1 aromatic heterocycles. The normalized spacial score (nSPS) is 12.0. The second-order valence-corrected chi connectivity index (χ2v) is 9.33. The molecule has 0 saturated carbocycles. The molecule has 0 aliphatic heterocycles. The lowest BCUT2D eigenvalue weighted by molar-refractivity contribution is 1.18. The Kier molecular flexibility index (Phi) is 3.72. The van der Waals surface area contributed by atoms with E-state index >= 15 is 0 Å². The molecule has 7 aromatic rings. The fraction of sp³-hybridized carbons (Fsp3) is 0. The molecule has 0 saturated heterocycles. The molecule has 1 heterocycles. The average Bonchev–Trinajstić information content (AvgIpc) is 3.21. The number of fused-ring (bicyclic) bond motifs is 3. The van der Waals surface area contributed by atoms with Crippen LogP contribution in [0.1, 0.15) is 0 Å². The Morgan fingerprint density at radius 2 is 0.943 bits per heavy atom. The molecule has 162 valence electrons. The van der Waals surface area contributed by atoms with Crippen molar-refractivity contribution in [2.24, 2.45) is 0 Å². The van der Waals surface area contributed by atoms with Crippen molar-refractivity contribution in [3.8, 4) is 39.1 Å². The molecule has 35 heavy (non-hydrogen) atoms. The monoisotopic (exact) mass is 443 g/mol. The highest BCUT2D eigenvalue weighted by molar-refractivity contribution is 6.31. The van der Waals surface area contributed by atoms with Gasteiger partial charge in [-0.1, -0.05) is 103 Å². The summed E-state index contributed by atoms with van der Waals surface area (Å²) in [4.78, 5) is 0. The van der Waals surface area contributed by atoms with Gasteiger partial charge in [0.2, 0.25) is 0 Å². The van der Waals surface area contributed by atoms with Gasteiger partial charge in [-0.05, 0) is 63.0 Å². The summed E-state index contributed by atoms with van der Waals surface area (Å²) in [5.74, 6) is 0. The van der Waals surface area contributed by atoms with E-state index in [-0.39, 0.29) is 0 Å². The topological polar surface area (TPSA) is 4.93 Å². The lowest BCUT2D eigenvalue weighted by Gasteiger charge is -2.15. The van der Waals surface area contributed by atoms with Crippen molar-refractivity contribution in [3.05, 3.63) is 127 Å². The first-order chi connectivity index (χ1) is 17.4. The molecule has 8 rings (SSSR count). The second-order valence-electron chi connectivity index (χ2n) is 9.33. The minimum atomic E-state index is 1.19. The largest absolute Gasteiger partial charge is 0.309 e. The molecule has 0 amide bonds. The third-order valence-electron chi connectivity index (χ3n) is 7.54. The summed E-state index contributed by atoms with van der Waals surface area (Å²) >= 11 is 0. The van der Waals surface area contributed by atoms with Crippen LogP contribution in [-0.4, -0.2) is 4.57 Å². The van der Waals surface area contributed by atoms with Crippen molar-refractivity contribution < 1.29 is 0 Å². The van der Waals surface area contributed by atoms with E-state index in [2.05, 4.69) is 132 Å². The van der Waals surface area contributed by atoms with Crippen molar-refractivity contribution >= 4 is 32.6 Å². The van der Waals surface area contributed by atoms with Gasteiger partial charge in [-0.2, -0.15) is 0 Å². The van der Waals surface area contributed by atoms with Gasteiger partial charge in [0, 0.05) is 21.8 Å². The number of nitrogens with zero attached hydrogens (tertiary/aromatic N) is 1. The molecular formula is C34H21N. The number of hydrogen-bond donors (Lipinski definition) is 0. The first kappa shape index (κ1) is 18.8. The predicted octanol–water partition coefficient (Wildman–Crippen LogP) is 9.25. The predicted molar refractivity (Wildman–Crippen MR) is 148 cm³/mol. The Bertz CT molecular complexity index is 1910. The molecular weight excluding hydrogens is 422 g/mol. The van der Waals surface area contributed by atoms with Gasteiger partial charge in [0.1, 0.15) is 0 Å². The molecule has 0 fully saturated rings. The third-order valence-corrected chi connectivity index (χ3v) is 7.54. The lowest BCUT2D eigenvalue weighted by Crippen LogP contribution is -1.94. The van der Waals surface area contributed by atoms with Gasteiger partial charge in [-0.3, -0.25) is 0 Å².